The fourth-order valence-electron chi connectivity index (χ4n) is 3.72. The van der Waals surface area contributed by atoms with Gasteiger partial charge in [-0.05, 0) is 31.0 Å². The summed E-state index contributed by atoms with van der Waals surface area (Å²) in [5.74, 6) is -1.14. The summed E-state index contributed by atoms with van der Waals surface area (Å²) in [5, 5.41) is 7.02. The van der Waals surface area contributed by atoms with Gasteiger partial charge in [-0.2, -0.15) is 0 Å². The van der Waals surface area contributed by atoms with E-state index >= 15 is 0 Å². The van der Waals surface area contributed by atoms with Crippen molar-refractivity contribution < 1.29 is 23.6 Å². The highest BCUT2D eigenvalue weighted by Gasteiger charge is 2.23. The van der Waals surface area contributed by atoms with Crippen LogP contribution in [0.4, 0.5) is 0 Å². The molecule has 1 aliphatic carbocycles. The molecule has 1 fully saturated rings. The van der Waals surface area contributed by atoms with Gasteiger partial charge in [0.15, 0.2) is 12.4 Å². The van der Waals surface area contributed by atoms with Gasteiger partial charge in [0.05, 0.1) is 10.9 Å². The van der Waals surface area contributed by atoms with Crippen molar-refractivity contribution in [1.82, 2.24) is 10.5 Å². The summed E-state index contributed by atoms with van der Waals surface area (Å²) >= 11 is 0. The van der Waals surface area contributed by atoms with Crippen LogP contribution in [0.1, 0.15) is 42.5 Å². The summed E-state index contributed by atoms with van der Waals surface area (Å²) in [6, 6.07) is 14.3. The molecule has 0 spiro atoms. The Bertz CT molecular complexity index is 1070. The van der Waals surface area contributed by atoms with E-state index in [1.807, 2.05) is 30.3 Å². The standard InChI is InChI=1S/C23H22N2O5/c26-20(24-22(27)16-9-5-2-6-10-16)14-29-23(28)17-11-12-19-18(13-17)21(30-25-19)15-7-3-1-4-8-15/h1,3-4,7-8,11-13,16H,2,5-6,9-10,14H2,(H,24,26,27). The predicted molar refractivity (Wildman–Crippen MR) is 109 cm³/mol. The minimum absolute atomic E-state index is 0.134. The Morgan fingerprint density at radius 2 is 1.80 bits per heavy atom. The molecule has 0 bridgehead atoms. The van der Waals surface area contributed by atoms with Gasteiger partial charge in [-0.1, -0.05) is 54.8 Å². The van der Waals surface area contributed by atoms with Gasteiger partial charge in [-0.3, -0.25) is 14.9 Å². The minimum atomic E-state index is -0.655. The Kier molecular flexibility index (Phi) is 5.88. The highest BCUT2D eigenvalue weighted by Crippen LogP contribution is 2.29. The lowest BCUT2D eigenvalue weighted by molar-refractivity contribution is -0.135. The van der Waals surface area contributed by atoms with Crippen LogP contribution >= 0.6 is 0 Å². The van der Waals surface area contributed by atoms with Gasteiger partial charge >= 0.3 is 5.97 Å². The summed E-state index contributed by atoms with van der Waals surface area (Å²) in [6.07, 6.45) is 4.70. The smallest absolute Gasteiger partial charge is 0.338 e. The van der Waals surface area contributed by atoms with E-state index in [1.165, 1.54) is 0 Å². The zero-order valence-corrected chi connectivity index (χ0v) is 16.4. The zero-order chi connectivity index (χ0) is 20.9. The number of hydrogen-bond donors (Lipinski definition) is 1. The molecule has 0 radical (unpaired) electrons. The van der Waals surface area contributed by atoms with Crippen LogP contribution in [0.3, 0.4) is 0 Å². The van der Waals surface area contributed by atoms with E-state index in [2.05, 4.69) is 10.5 Å². The molecule has 1 N–H and O–H groups in total. The van der Waals surface area contributed by atoms with Crippen LogP contribution in [0.25, 0.3) is 22.2 Å². The van der Waals surface area contributed by atoms with Gasteiger partial charge in [-0.25, -0.2) is 4.79 Å². The molecule has 0 aliphatic heterocycles. The molecule has 4 rings (SSSR count). The second kappa shape index (κ2) is 8.90. The Morgan fingerprint density at radius 1 is 1.03 bits per heavy atom. The normalized spacial score (nSPS) is 14.4. The Hall–Kier alpha value is -3.48. The number of benzene rings is 2. The summed E-state index contributed by atoms with van der Waals surface area (Å²) in [5.41, 5.74) is 1.72. The van der Waals surface area contributed by atoms with E-state index in [4.69, 9.17) is 9.26 Å². The third-order valence-electron chi connectivity index (χ3n) is 5.32. The molecule has 1 saturated carbocycles. The molecule has 1 heterocycles. The quantitative estimate of drug-likeness (QED) is 0.646. The van der Waals surface area contributed by atoms with Crippen molar-refractivity contribution in [1.29, 1.82) is 0 Å². The van der Waals surface area contributed by atoms with Gasteiger partial charge < -0.3 is 9.26 Å². The third kappa shape index (κ3) is 4.40. The number of nitrogens with zero attached hydrogens (tertiary/aromatic N) is 1. The molecule has 0 unspecified atom stereocenters. The molecule has 2 aromatic carbocycles. The number of hydrogen-bond acceptors (Lipinski definition) is 6. The van der Waals surface area contributed by atoms with Crippen molar-refractivity contribution in [3.05, 3.63) is 54.1 Å². The summed E-state index contributed by atoms with van der Waals surface area (Å²) in [7, 11) is 0. The van der Waals surface area contributed by atoms with Crippen LogP contribution in [0.15, 0.2) is 53.1 Å². The average Bonchev–Trinajstić information content (AvgIpc) is 3.22. The molecule has 0 atom stereocenters. The second-order valence-electron chi connectivity index (χ2n) is 7.43. The highest BCUT2D eigenvalue weighted by molar-refractivity contribution is 6.01. The molecule has 0 saturated heterocycles. The van der Waals surface area contributed by atoms with Crippen molar-refractivity contribution in [2.75, 3.05) is 6.61 Å². The number of aromatic nitrogens is 1. The number of nitrogens with one attached hydrogen (secondary N) is 1. The Labute approximate surface area is 173 Å². The van der Waals surface area contributed by atoms with Gasteiger partial charge in [0.25, 0.3) is 5.91 Å². The summed E-state index contributed by atoms with van der Waals surface area (Å²) < 4.78 is 10.5. The number of esters is 1. The first-order valence-electron chi connectivity index (χ1n) is 10.1. The number of fused-ring (bicyclic) bond motifs is 1. The van der Waals surface area contributed by atoms with Crippen LogP contribution in [-0.4, -0.2) is 29.5 Å². The molecule has 7 heteroatoms. The van der Waals surface area contributed by atoms with Crippen LogP contribution in [0.5, 0.6) is 0 Å². The fourth-order valence-corrected chi connectivity index (χ4v) is 3.72. The maximum atomic E-state index is 12.4. The summed E-state index contributed by atoms with van der Waals surface area (Å²) in [4.78, 5) is 36.5. The third-order valence-corrected chi connectivity index (χ3v) is 5.32. The number of rotatable bonds is 5. The molecule has 1 aliphatic rings. The minimum Gasteiger partial charge on any atom is -0.452 e. The molecular weight excluding hydrogens is 384 g/mol. The van der Waals surface area contributed by atoms with E-state index < -0.39 is 18.5 Å². The number of amides is 2. The fraction of sp³-hybridized carbons (Fsp3) is 0.304. The van der Waals surface area contributed by atoms with E-state index in [9.17, 15) is 14.4 Å². The number of imide groups is 1. The van der Waals surface area contributed by atoms with E-state index in [-0.39, 0.29) is 17.4 Å². The summed E-state index contributed by atoms with van der Waals surface area (Å²) in [6.45, 7) is -0.509. The molecule has 7 nitrogen and oxygen atoms in total. The van der Waals surface area contributed by atoms with E-state index in [0.29, 0.717) is 16.7 Å². The average molecular weight is 406 g/mol. The van der Waals surface area contributed by atoms with Crippen molar-refractivity contribution in [2.24, 2.45) is 5.92 Å². The maximum Gasteiger partial charge on any atom is 0.338 e. The molecular formula is C23H22N2O5. The molecule has 1 aromatic heterocycles. The first kappa shape index (κ1) is 19.8. The number of ether oxygens (including phenoxy) is 1. The SMILES string of the molecule is O=C(COC(=O)c1ccc2noc(-c3ccccc3)c2c1)NC(=O)C1CCCCC1. The van der Waals surface area contributed by atoms with Crippen molar-refractivity contribution in [3.8, 4) is 11.3 Å². The maximum absolute atomic E-state index is 12.4. The van der Waals surface area contributed by atoms with Gasteiger partial charge in [0.2, 0.25) is 5.91 Å². The molecule has 154 valence electrons. The monoisotopic (exact) mass is 406 g/mol. The van der Waals surface area contributed by atoms with Crippen LogP contribution in [0.2, 0.25) is 0 Å². The Morgan fingerprint density at radius 3 is 2.57 bits per heavy atom. The van der Waals surface area contributed by atoms with Gasteiger partial charge in [-0.15, -0.1) is 0 Å². The second-order valence-corrected chi connectivity index (χ2v) is 7.43. The van der Waals surface area contributed by atoms with Crippen molar-refractivity contribution >= 4 is 28.7 Å². The number of carbonyl (C=O) groups is 3. The van der Waals surface area contributed by atoms with Gasteiger partial charge in [0.1, 0.15) is 5.52 Å². The highest BCUT2D eigenvalue weighted by atomic mass is 16.5. The zero-order valence-electron chi connectivity index (χ0n) is 16.4. The van der Waals surface area contributed by atoms with Crippen LogP contribution in [0, 0.1) is 5.92 Å². The van der Waals surface area contributed by atoms with E-state index in [1.54, 1.807) is 18.2 Å². The molecule has 30 heavy (non-hydrogen) atoms. The molecule has 3 aromatic rings. The van der Waals surface area contributed by atoms with Crippen molar-refractivity contribution in [2.45, 2.75) is 32.1 Å². The first-order valence-corrected chi connectivity index (χ1v) is 10.1. The molecule has 2 amide bonds. The van der Waals surface area contributed by atoms with E-state index in [0.717, 1.165) is 37.7 Å². The first-order chi connectivity index (χ1) is 14.6. The van der Waals surface area contributed by atoms with Gasteiger partial charge in [0, 0.05) is 11.5 Å². The number of carbonyl (C=O) groups excluding carboxylic acids is 3. The largest absolute Gasteiger partial charge is 0.452 e. The lowest BCUT2D eigenvalue weighted by Crippen LogP contribution is -2.38. The topological polar surface area (TPSA) is 98.5 Å². The lowest BCUT2D eigenvalue weighted by atomic mass is 9.89. The lowest BCUT2D eigenvalue weighted by Gasteiger charge is -2.20. The van der Waals surface area contributed by atoms with Crippen LogP contribution < -0.4 is 5.32 Å². The predicted octanol–water partition coefficient (Wildman–Crippen LogP) is 3.87. The van der Waals surface area contributed by atoms with Crippen LogP contribution in [-0.2, 0) is 14.3 Å². The van der Waals surface area contributed by atoms with Crippen molar-refractivity contribution in [3.63, 3.8) is 0 Å². The Balaban J connectivity index is 1.39.